The third-order valence-corrected chi connectivity index (χ3v) is 7.41. The molecule has 0 aliphatic carbocycles. The van der Waals surface area contributed by atoms with Crippen LogP contribution in [0.3, 0.4) is 0 Å². The molecule has 1 amide bonds. The third-order valence-electron chi connectivity index (χ3n) is 3.96. The van der Waals surface area contributed by atoms with Crippen LogP contribution < -0.4 is 10.1 Å². The van der Waals surface area contributed by atoms with Crippen molar-refractivity contribution in [2.45, 2.75) is 10.8 Å². The van der Waals surface area contributed by atoms with Gasteiger partial charge in [-0.1, -0.05) is 6.07 Å². The predicted octanol–water partition coefficient (Wildman–Crippen LogP) is 1.71. The maximum absolute atomic E-state index is 12.6. The highest BCUT2D eigenvalue weighted by Crippen LogP contribution is 2.25. The Hall–Kier alpha value is -1.94. The molecule has 0 spiro atoms. The fourth-order valence-electron chi connectivity index (χ4n) is 2.54. The van der Waals surface area contributed by atoms with E-state index in [1.165, 1.54) is 15.6 Å². The first-order valence-corrected chi connectivity index (χ1v) is 10.4. The number of benzene rings is 1. The summed E-state index contributed by atoms with van der Waals surface area (Å²) in [6, 6.07) is 10.2. The lowest BCUT2D eigenvalue weighted by atomic mass is 10.2. The number of methoxy groups -OCH3 is 1. The fourth-order valence-corrected chi connectivity index (χ4v) is 5.40. The van der Waals surface area contributed by atoms with E-state index in [4.69, 9.17) is 9.47 Å². The van der Waals surface area contributed by atoms with Crippen LogP contribution in [0.4, 0.5) is 0 Å². The quantitative estimate of drug-likeness (QED) is 0.804. The van der Waals surface area contributed by atoms with Gasteiger partial charge >= 0.3 is 0 Å². The number of carbonyl (C=O) groups is 1. The molecule has 1 aromatic heterocycles. The molecule has 0 saturated carbocycles. The molecule has 9 heteroatoms. The van der Waals surface area contributed by atoms with Crippen LogP contribution in [-0.4, -0.2) is 52.0 Å². The number of nitrogens with zero attached hydrogens (tertiary/aromatic N) is 1. The van der Waals surface area contributed by atoms with E-state index in [0.29, 0.717) is 37.6 Å². The number of rotatable bonds is 6. The van der Waals surface area contributed by atoms with Gasteiger partial charge in [0.25, 0.3) is 15.9 Å². The fraction of sp³-hybridized carbons (Fsp3) is 0.353. The van der Waals surface area contributed by atoms with Crippen LogP contribution in [0.25, 0.3) is 0 Å². The highest BCUT2D eigenvalue weighted by molar-refractivity contribution is 7.91. The summed E-state index contributed by atoms with van der Waals surface area (Å²) in [5.41, 5.74) is 0.488. The van der Waals surface area contributed by atoms with Crippen molar-refractivity contribution in [3.63, 3.8) is 0 Å². The van der Waals surface area contributed by atoms with Gasteiger partial charge in [0.05, 0.1) is 26.9 Å². The minimum Gasteiger partial charge on any atom is -0.497 e. The maximum Gasteiger partial charge on any atom is 0.252 e. The number of ether oxygens (including phenoxy) is 2. The summed E-state index contributed by atoms with van der Waals surface area (Å²) in [6.45, 7) is 1.81. The van der Waals surface area contributed by atoms with E-state index < -0.39 is 10.0 Å². The number of carbonyl (C=O) groups excluding carboxylic acids is 1. The molecule has 7 nitrogen and oxygen atoms in total. The Morgan fingerprint density at radius 3 is 2.77 bits per heavy atom. The molecule has 0 radical (unpaired) electrons. The van der Waals surface area contributed by atoms with E-state index in [1.807, 2.05) is 0 Å². The summed E-state index contributed by atoms with van der Waals surface area (Å²) in [6.07, 6.45) is 0. The average molecular weight is 396 g/mol. The first-order valence-electron chi connectivity index (χ1n) is 8.09. The second-order valence-electron chi connectivity index (χ2n) is 5.65. The molecular weight excluding hydrogens is 376 g/mol. The molecule has 26 heavy (non-hydrogen) atoms. The van der Waals surface area contributed by atoms with Gasteiger partial charge in [0, 0.05) is 23.5 Å². The van der Waals surface area contributed by atoms with E-state index >= 15 is 0 Å². The van der Waals surface area contributed by atoms with Gasteiger partial charge in [0.1, 0.15) is 9.96 Å². The largest absolute Gasteiger partial charge is 0.497 e. The Kier molecular flexibility index (Phi) is 5.92. The molecule has 1 N–H and O–H groups in total. The molecule has 2 heterocycles. The number of thiophene rings is 1. The number of amides is 1. The Labute approximate surface area is 156 Å². The minimum absolute atomic E-state index is 0.241. The normalized spacial score (nSPS) is 15.6. The summed E-state index contributed by atoms with van der Waals surface area (Å²) in [5, 5.41) is 2.80. The first kappa shape index (κ1) is 18.8. The van der Waals surface area contributed by atoms with Gasteiger partial charge in [0.15, 0.2) is 0 Å². The summed E-state index contributed by atoms with van der Waals surface area (Å²) >= 11 is 1.17. The standard InChI is InChI=1S/C17H20N2O5S2/c1-23-14-4-2-3-13(11-14)17(20)18-12-15-5-6-16(25-15)26(21,22)19-7-9-24-10-8-19/h2-6,11H,7-10,12H2,1H3,(H,18,20). The summed E-state index contributed by atoms with van der Waals surface area (Å²) in [4.78, 5) is 13.0. The van der Waals surface area contributed by atoms with E-state index in [0.717, 1.165) is 4.88 Å². The maximum atomic E-state index is 12.6. The highest BCUT2D eigenvalue weighted by atomic mass is 32.2. The molecule has 0 unspecified atom stereocenters. The number of morpholine rings is 1. The number of nitrogens with one attached hydrogen (secondary N) is 1. The van der Waals surface area contributed by atoms with Gasteiger partial charge in [-0.2, -0.15) is 4.31 Å². The van der Waals surface area contributed by atoms with Crippen molar-refractivity contribution in [1.82, 2.24) is 9.62 Å². The number of hydrogen-bond acceptors (Lipinski definition) is 6. The highest BCUT2D eigenvalue weighted by Gasteiger charge is 2.27. The molecule has 0 atom stereocenters. The number of hydrogen-bond donors (Lipinski definition) is 1. The third kappa shape index (κ3) is 4.24. The first-order chi connectivity index (χ1) is 12.5. The van der Waals surface area contributed by atoms with Crippen molar-refractivity contribution < 1.29 is 22.7 Å². The SMILES string of the molecule is COc1cccc(C(=O)NCc2ccc(S(=O)(=O)N3CCOCC3)s2)c1. The van der Waals surface area contributed by atoms with Crippen LogP contribution in [0, 0.1) is 0 Å². The summed E-state index contributed by atoms with van der Waals surface area (Å²) in [7, 11) is -1.96. The molecule has 1 fully saturated rings. The van der Waals surface area contributed by atoms with E-state index in [9.17, 15) is 13.2 Å². The van der Waals surface area contributed by atoms with Crippen LogP contribution in [0.5, 0.6) is 5.75 Å². The molecule has 0 bridgehead atoms. The zero-order valence-corrected chi connectivity index (χ0v) is 15.9. The topological polar surface area (TPSA) is 84.9 Å². The van der Waals surface area contributed by atoms with Crippen molar-refractivity contribution >= 4 is 27.3 Å². The zero-order valence-electron chi connectivity index (χ0n) is 14.3. The lowest BCUT2D eigenvalue weighted by Crippen LogP contribution is -2.40. The van der Waals surface area contributed by atoms with Crippen molar-refractivity contribution in [3.8, 4) is 5.75 Å². The minimum atomic E-state index is -3.50. The summed E-state index contributed by atoms with van der Waals surface area (Å²) < 4.78 is 37.2. The lowest BCUT2D eigenvalue weighted by Gasteiger charge is -2.25. The van der Waals surface area contributed by atoms with Crippen molar-refractivity contribution in [3.05, 3.63) is 46.8 Å². The van der Waals surface area contributed by atoms with Crippen LogP contribution in [-0.2, 0) is 21.3 Å². The Morgan fingerprint density at radius 1 is 1.27 bits per heavy atom. The van der Waals surface area contributed by atoms with Crippen molar-refractivity contribution in [1.29, 1.82) is 0 Å². The monoisotopic (exact) mass is 396 g/mol. The van der Waals surface area contributed by atoms with Crippen molar-refractivity contribution in [2.24, 2.45) is 0 Å². The van der Waals surface area contributed by atoms with Crippen LogP contribution in [0.15, 0.2) is 40.6 Å². The van der Waals surface area contributed by atoms with Gasteiger partial charge in [-0.05, 0) is 30.3 Å². The lowest BCUT2D eigenvalue weighted by molar-refractivity contribution is 0.0731. The second-order valence-corrected chi connectivity index (χ2v) is 8.98. The Bertz CT molecular complexity index is 873. The van der Waals surface area contributed by atoms with E-state index in [-0.39, 0.29) is 16.7 Å². The summed E-state index contributed by atoms with van der Waals surface area (Å²) in [5.74, 6) is 0.363. The average Bonchev–Trinajstić information content (AvgIpc) is 3.17. The van der Waals surface area contributed by atoms with Gasteiger partial charge in [-0.15, -0.1) is 11.3 Å². The van der Waals surface area contributed by atoms with Crippen LogP contribution >= 0.6 is 11.3 Å². The van der Waals surface area contributed by atoms with Gasteiger partial charge in [-0.25, -0.2) is 8.42 Å². The molecule has 140 valence electrons. The van der Waals surface area contributed by atoms with Gasteiger partial charge in [-0.3, -0.25) is 4.79 Å². The van der Waals surface area contributed by atoms with E-state index in [1.54, 1.807) is 43.5 Å². The van der Waals surface area contributed by atoms with Crippen LogP contribution in [0.1, 0.15) is 15.2 Å². The van der Waals surface area contributed by atoms with E-state index in [2.05, 4.69) is 5.32 Å². The molecular formula is C17H20N2O5S2. The molecule has 1 aromatic carbocycles. The molecule has 1 aliphatic rings. The zero-order chi connectivity index (χ0) is 18.6. The number of sulfonamides is 1. The molecule has 1 aliphatic heterocycles. The van der Waals surface area contributed by atoms with Gasteiger partial charge < -0.3 is 14.8 Å². The molecule has 2 aromatic rings. The predicted molar refractivity (Wildman–Crippen MR) is 98.1 cm³/mol. The Morgan fingerprint density at radius 2 is 2.04 bits per heavy atom. The van der Waals surface area contributed by atoms with Crippen molar-refractivity contribution in [2.75, 3.05) is 33.4 Å². The van der Waals surface area contributed by atoms with Crippen LogP contribution in [0.2, 0.25) is 0 Å². The second kappa shape index (κ2) is 8.17. The molecule has 3 rings (SSSR count). The molecule has 1 saturated heterocycles. The van der Waals surface area contributed by atoms with Gasteiger partial charge in [0.2, 0.25) is 0 Å². The Balaban J connectivity index is 1.64. The smallest absolute Gasteiger partial charge is 0.252 e.